The Morgan fingerprint density at radius 2 is 2.05 bits per heavy atom. The maximum atomic E-state index is 6.31. The lowest BCUT2D eigenvalue weighted by molar-refractivity contribution is 0.160. The highest BCUT2D eigenvalue weighted by Crippen LogP contribution is 2.58. The predicted molar refractivity (Wildman–Crippen MR) is 79.8 cm³/mol. The number of hydrogen-bond donors (Lipinski definition) is 0. The molecule has 0 saturated heterocycles. The number of benzene rings is 1. The molecule has 2 saturated carbocycles. The van der Waals surface area contributed by atoms with Crippen LogP contribution in [0.3, 0.4) is 0 Å². The zero-order valence-corrected chi connectivity index (χ0v) is 12.2. The quantitative estimate of drug-likeness (QED) is 0.532. The van der Waals surface area contributed by atoms with Crippen molar-refractivity contribution in [3.05, 3.63) is 30.3 Å². The first-order valence-corrected chi connectivity index (χ1v) is 8.10. The summed E-state index contributed by atoms with van der Waals surface area (Å²) in [4.78, 5) is 0. The Labute approximate surface area is 121 Å². The number of para-hydroxylation sites is 1. The first-order valence-electron chi connectivity index (χ1n) is 7.56. The van der Waals surface area contributed by atoms with Crippen molar-refractivity contribution in [2.24, 2.45) is 17.3 Å². The van der Waals surface area contributed by atoms with E-state index in [4.69, 9.17) is 16.3 Å². The Balaban J connectivity index is 1.47. The highest BCUT2D eigenvalue weighted by atomic mass is 35.5. The first-order chi connectivity index (χ1) is 9.32. The molecule has 3 unspecified atom stereocenters. The monoisotopic (exact) mass is 278 g/mol. The Morgan fingerprint density at radius 3 is 2.68 bits per heavy atom. The van der Waals surface area contributed by atoms with E-state index < -0.39 is 0 Å². The van der Waals surface area contributed by atoms with Crippen LogP contribution < -0.4 is 4.74 Å². The van der Waals surface area contributed by atoms with Crippen molar-refractivity contribution in [2.75, 3.05) is 12.5 Å². The molecule has 2 bridgehead atoms. The van der Waals surface area contributed by atoms with Crippen LogP contribution in [-0.4, -0.2) is 12.5 Å². The van der Waals surface area contributed by atoms with E-state index >= 15 is 0 Å². The molecule has 0 heterocycles. The van der Waals surface area contributed by atoms with Gasteiger partial charge in [-0.25, -0.2) is 0 Å². The van der Waals surface area contributed by atoms with Crippen molar-refractivity contribution in [3.8, 4) is 5.75 Å². The minimum Gasteiger partial charge on any atom is -0.494 e. The van der Waals surface area contributed by atoms with Crippen molar-refractivity contribution in [3.63, 3.8) is 0 Å². The molecule has 0 radical (unpaired) electrons. The molecule has 2 aliphatic carbocycles. The Morgan fingerprint density at radius 1 is 1.21 bits per heavy atom. The topological polar surface area (TPSA) is 9.23 Å². The number of hydrogen-bond acceptors (Lipinski definition) is 1. The molecule has 1 nitrogen and oxygen atoms in total. The van der Waals surface area contributed by atoms with Gasteiger partial charge in [0, 0.05) is 5.88 Å². The summed E-state index contributed by atoms with van der Waals surface area (Å²) in [6, 6.07) is 10.1. The minimum absolute atomic E-state index is 0.435. The van der Waals surface area contributed by atoms with Gasteiger partial charge >= 0.3 is 0 Å². The first kappa shape index (κ1) is 13.3. The summed E-state index contributed by atoms with van der Waals surface area (Å²) >= 11 is 6.31. The number of halogens is 1. The van der Waals surface area contributed by atoms with E-state index in [1.165, 1.54) is 32.1 Å². The lowest BCUT2D eigenvalue weighted by Crippen LogP contribution is -2.30. The lowest BCUT2D eigenvalue weighted by Gasteiger charge is -2.36. The van der Waals surface area contributed by atoms with Gasteiger partial charge in [-0.05, 0) is 61.5 Å². The van der Waals surface area contributed by atoms with E-state index in [1.54, 1.807) is 0 Å². The average molecular weight is 279 g/mol. The van der Waals surface area contributed by atoms with Crippen LogP contribution in [-0.2, 0) is 0 Å². The van der Waals surface area contributed by atoms with Crippen molar-refractivity contribution < 1.29 is 4.74 Å². The summed E-state index contributed by atoms with van der Waals surface area (Å²) in [5, 5.41) is 0. The van der Waals surface area contributed by atoms with Crippen molar-refractivity contribution in [2.45, 2.75) is 38.5 Å². The molecule has 3 rings (SSSR count). The van der Waals surface area contributed by atoms with Crippen LogP contribution in [0, 0.1) is 17.3 Å². The standard InChI is InChI=1S/C17H23ClO/c18-13-17(12-14-7-8-15(17)11-14)9-4-10-19-16-5-2-1-3-6-16/h1-3,5-6,14-15H,4,7-13H2. The van der Waals surface area contributed by atoms with Gasteiger partial charge in [-0.1, -0.05) is 24.6 Å². The molecule has 0 aromatic heterocycles. The van der Waals surface area contributed by atoms with Gasteiger partial charge in [0.2, 0.25) is 0 Å². The minimum atomic E-state index is 0.435. The third-order valence-corrected chi connectivity index (χ3v) is 5.73. The summed E-state index contributed by atoms with van der Waals surface area (Å²) in [5.74, 6) is 3.69. The second-order valence-electron chi connectivity index (χ2n) is 6.34. The van der Waals surface area contributed by atoms with Gasteiger partial charge in [0.1, 0.15) is 5.75 Å². The average Bonchev–Trinajstić information content (AvgIpc) is 3.06. The van der Waals surface area contributed by atoms with E-state index in [1.807, 2.05) is 30.3 Å². The van der Waals surface area contributed by atoms with Gasteiger partial charge in [-0.3, -0.25) is 0 Å². The zero-order valence-electron chi connectivity index (χ0n) is 11.5. The molecule has 0 aliphatic heterocycles. The van der Waals surface area contributed by atoms with E-state index in [-0.39, 0.29) is 0 Å². The van der Waals surface area contributed by atoms with Crippen LogP contribution in [0.2, 0.25) is 0 Å². The maximum absolute atomic E-state index is 6.31. The van der Waals surface area contributed by atoms with Gasteiger partial charge in [0.05, 0.1) is 6.61 Å². The van der Waals surface area contributed by atoms with Crippen molar-refractivity contribution >= 4 is 11.6 Å². The summed E-state index contributed by atoms with van der Waals surface area (Å²) in [7, 11) is 0. The molecule has 2 fully saturated rings. The third-order valence-electron chi connectivity index (χ3n) is 5.20. The smallest absolute Gasteiger partial charge is 0.119 e. The van der Waals surface area contributed by atoms with Crippen molar-refractivity contribution in [1.82, 2.24) is 0 Å². The summed E-state index contributed by atoms with van der Waals surface area (Å²) in [6.07, 6.45) is 8.04. The van der Waals surface area contributed by atoms with E-state index in [0.717, 1.165) is 36.5 Å². The maximum Gasteiger partial charge on any atom is 0.119 e. The number of ether oxygens (including phenoxy) is 1. The molecule has 2 aliphatic rings. The van der Waals surface area contributed by atoms with Crippen LogP contribution in [0.1, 0.15) is 38.5 Å². The molecule has 0 amide bonds. The second kappa shape index (κ2) is 5.75. The SMILES string of the molecule is ClCC1(CCCOc2ccccc2)CC2CCC1C2. The fraction of sp³-hybridized carbons (Fsp3) is 0.647. The van der Waals surface area contributed by atoms with Gasteiger partial charge in [0.15, 0.2) is 0 Å². The molecule has 0 N–H and O–H groups in total. The van der Waals surface area contributed by atoms with E-state index in [2.05, 4.69) is 0 Å². The highest BCUT2D eigenvalue weighted by molar-refractivity contribution is 6.18. The molecular formula is C17H23ClO. The summed E-state index contributed by atoms with van der Waals surface area (Å²) in [5.41, 5.74) is 0.435. The molecule has 3 atom stereocenters. The highest BCUT2D eigenvalue weighted by Gasteiger charge is 2.49. The molecule has 0 spiro atoms. The Hall–Kier alpha value is -0.690. The fourth-order valence-electron chi connectivity index (χ4n) is 4.23. The molecule has 104 valence electrons. The molecule has 1 aromatic carbocycles. The van der Waals surface area contributed by atoms with Crippen LogP contribution in [0.25, 0.3) is 0 Å². The summed E-state index contributed by atoms with van der Waals surface area (Å²) in [6.45, 7) is 0.819. The molecular weight excluding hydrogens is 256 g/mol. The van der Waals surface area contributed by atoms with Gasteiger partial charge < -0.3 is 4.74 Å². The molecule has 19 heavy (non-hydrogen) atoms. The Kier molecular flexibility index (Phi) is 4.02. The second-order valence-corrected chi connectivity index (χ2v) is 6.61. The largest absolute Gasteiger partial charge is 0.494 e. The molecule has 1 aromatic rings. The van der Waals surface area contributed by atoms with E-state index in [9.17, 15) is 0 Å². The van der Waals surface area contributed by atoms with Gasteiger partial charge in [-0.15, -0.1) is 11.6 Å². The zero-order chi connectivity index (χ0) is 13.1. The van der Waals surface area contributed by atoms with Gasteiger partial charge in [0.25, 0.3) is 0 Å². The third kappa shape index (κ3) is 2.76. The van der Waals surface area contributed by atoms with Crippen LogP contribution in [0.4, 0.5) is 0 Å². The predicted octanol–water partition coefficient (Wildman–Crippen LogP) is 4.89. The Bertz CT molecular complexity index is 405. The number of fused-ring (bicyclic) bond motifs is 2. The lowest BCUT2D eigenvalue weighted by atomic mass is 9.71. The normalized spacial score (nSPS) is 32.7. The van der Waals surface area contributed by atoms with Crippen LogP contribution >= 0.6 is 11.6 Å². The van der Waals surface area contributed by atoms with Crippen molar-refractivity contribution in [1.29, 1.82) is 0 Å². The van der Waals surface area contributed by atoms with E-state index in [0.29, 0.717) is 5.41 Å². The van der Waals surface area contributed by atoms with Gasteiger partial charge in [-0.2, -0.15) is 0 Å². The number of rotatable bonds is 6. The molecule has 2 heteroatoms. The van der Waals surface area contributed by atoms with Crippen LogP contribution in [0.5, 0.6) is 5.75 Å². The summed E-state index contributed by atoms with van der Waals surface area (Å²) < 4.78 is 5.79. The fourth-order valence-corrected chi connectivity index (χ4v) is 4.69. The number of alkyl halides is 1. The van der Waals surface area contributed by atoms with Crippen LogP contribution in [0.15, 0.2) is 30.3 Å².